The van der Waals surface area contributed by atoms with Crippen LogP contribution in [0.2, 0.25) is 0 Å². The Kier molecular flexibility index (Phi) is 30.0. The van der Waals surface area contributed by atoms with Crippen LogP contribution in [0.4, 0.5) is 0 Å². The number of unbranched alkanes of at least 4 members (excludes halogenated alkanes) is 23. The van der Waals surface area contributed by atoms with Gasteiger partial charge in [0.15, 0.2) is 0 Å². The quantitative estimate of drug-likeness (QED) is 0.0631. The second kappa shape index (κ2) is 30.7. The van der Waals surface area contributed by atoms with E-state index in [9.17, 15) is 15.0 Å². The molecule has 0 saturated carbocycles. The van der Waals surface area contributed by atoms with Crippen molar-refractivity contribution in [3.63, 3.8) is 0 Å². The van der Waals surface area contributed by atoms with E-state index in [0.29, 0.717) is 6.42 Å². The molecule has 0 rings (SSSR count). The van der Waals surface area contributed by atoms with Crippen LogP contribution in [-0.2, 0) is 4.79 Å². The van der Waals surface area contributed by atoms with E-state index in [1.807, 2.05) is 6.08 Å². The van der Waals surface area contributed by atoms with Crippen LogP contribution in [0.3, 0.4) is 0 Å². The molecule has 4 heteroatoms. The van der Waals surface area contributed by atoms with E-state index in [1.54, 1.807) is 6.08 Å². The van der Waals surface area contributed by atoms with E-state index in [-0.39, 0.29) is 12.5 Å². The van der Waals surface area contributed by atoms with Gasteiger partial charge in [0.2, 0.25) is 5.91 Å². The van der Waals surface area contributed by atoms with E-state index >= 15 is 0 Å². The van der Waals surface area contributed by atoms with Crippen molar-refractivity contribution in [1.82, 2.24) is 5.32 Å². The molecular formula is C34H67NO3. The molecule has 0 aliphatic carbocycles. The fraction of sp³-hybridized carbons (Fsp3) is 0.912. The first-order valence-corrected chi connectivity index (χ1v) is 16.9. The Morgan fingerprint density at radius 2 is 0.974 bits per heavy atom. The molecule has 0 aromatic rings. The lowest BCUT2D eigenvalue weighted by atomic mass is 10.0. The summed E-state index contributed by atoms with van der Waals surface area (Å²) in [5.74, 6) is -0.0652. The van der Waals surface area contributed by atoms with Crippen molar-refractivity contribution in [2.75, 3.05) is 6.61 Å². The molecule has 0 radical (unpaired) electrons. The molecule has 2 atom stereocenters. The molecule has 0 aliphatic heterocycles. The SMILES string of the molecule is CCCCCCCCCCCCCC/C=C/C(O)C(CO)NC(=O)CCCCCCCCCCCCCC. The van der Waals surface area contributed by atoms with Gasteiger partial charge < -0.3 is 15.5 Å². The van der Waals surface area contributed by atoms with Gasteiger partial charge >= 0.3 is 0 Å². The second-order valence-electron chi connectivity index (χ2n) is 11.6. The van der Waals surface area contributed by atoms with Gasteiger partial charge in [-0.3, -0.25) is 4.79 Å². The molecule has 3 N–H and O–H groups in total. The van der Waals surface area contributed by atoms with E-state index in [0.717, 1.165) is 25.7 Å². The molecule has 0 aromatic heterocycles. The number of aliphatic hydroxyl groups is 2. The van der Waals surface area contributed by atoms with Crippen molar-refractivity contribution in [3.05, 3.63) is 12.2 Å². The van der Waals surface area contributed by atoms with Crippen LogP contribution in [-0.4, -0.2) is 34.9 Å². The number of carbonyl (C=O) groups is 1. The summed E-state index contributed by atoms with van der Waals surface area (Å²) in [5.41, 5.74) is 0. The average molecular weight is 538 g/mol. The molecule has 226 valence electrons. The van der Waals surface area contributed by atoms with Gasteiger partial charge in [0.25, 0.3) is 0 Å². The number of aliphatic hydroxyl groups excluding tert-OH is 2. The molecule has 4 nitrogen and oxygen atoms in total. The van der Waals surface area contributed by atoms with Gasteiger partial charge in [0.05, 0.1) is 18.8 Å². The molecule has 0 saturated heterocycles. The van der Waals surface area contributed by atoms with E-state index in [1.165, 1.54) is 135 Å². The Morgan fingerprint density at radius 1 is 0.605 bits per heavy atom. The van der Waals surface area contributed by atoms with Crippen molar-refractivity contribution in [2.24, 2.45) is 0 Å². The fourth-order valence-corrected chi connectivity index (χ4v) is 5.12. The zero-order valence-electron chi connectivity index (χ0n) is 25.7. The topological polar surface area (TPSA) is 69.6 Å². The summed E-state index contributed by atoms with van der Waals surface area (Å²) in [4.78, 5) is 12.2. The highest BCUT2D eigenvalue weighted by Crippen LogP contribution is 2.14. The second-order valence-corrected chi connectivity index (χ2v) is 11.6. The van der Waals surface area contributed by atoms with Gasteiger partial charge in [-0.1, -0.05) is 167 Å². The molecular weight excluding hydrogens is 470 g/mol. The maximum Gasteiger partial charge on any atom is 0.220 e. The van der Waals surface area contributed by atoms with E-state index in [4.69, 9.17) is 0 Å². The van der Waals surface area contributed by atoms with Crippen molar-refractivity contribution in [2.45, 2.75) is 193 Å². The first kappa shape index (κ1) is 37.1. The van der Waals surface area contributed by atoms with Crippen molar-refractivity contribution < 1.29 is 15.0 Å². The van der Waals surface area contributed by atoms with Crippen LogP contribution in [0.5, 0.6) is 0 Å². The molecule has 0 aromatic carbocycles. The highest BCUT2D eigenvalue weighted by molar-refractivity contribution is 5.76. The lowest BCUT2D eigenvalue weighted by Gasteiger charge is -2.20. The molecule has 1 amide bonds. The number of carbonyl (C=O) groups excluding carboxylic acids is 1. The Labute approximate surface area is 237 Å². The maximum absolute atomic E-state index is 12.2. The predicted octanol–water partition coefficient (Wildman–Crippen LogP) is 9.56. The molecule has 0 fully saturated rings. The average Bonchev–Trinajstić information content (AvgIpc) is 2.92. The zero-order chi connectivity index (χ0) is 27.9. The van der Waals surface area contributed by atoms with Gasteiger partial charge in [-0.2, -0.15) is 0 Å². The predicted molar refractivity (Wildman–Crippen MR) is 166 cm³/mol. The summed E-state index contributed by atoms with van der Waals surface area (Å²) in [6, 6.07) is -0.613. The molecule has 0 heterocycles. The smallest absolute Gasteiger partial charge is 0.220 e. The largest absolute Gasteiger partial charge is 0.394 e. The van der Waals surface area contributed by atoms with Crippen molar-refractivity contribution >= 4 is 5.91 Å². The van der Waals surface area contributed by atoms with E-state index < -0.39 is 12.1 Å². The number of nitrogens with one attached hydrogen (secondary N) is 1. The van der Waals surface area contributed by atoms with Crippen molar-refractivity contribution in [3.8, 4) is 0 Å². The van der Waals surface area contributed by atoms with Gasteiger partial charge in [-0.15, -0.1) is 0 Å². The van der Waals surface area contributed by atoms with Gasteiger partial charge in [0.1, 0.15) is 0 Å². The first-order chi connectivity index (χ1) is 18.7. The third kappa shape index (κ3) is 26.7. The minimum atomic E-state index is -0.830. The zero-order valence-corrected chi connectivity index (χ0v) is 25.7. The van der Waals surface area contributed by atoms with Gasteiger partial charge in [0, 0.05) is 6.42 Å². The number of rotatable bonds is 30. The van der Waals surface area contributed by atoms with E-state index in [2.05, 4.69) is 19.2 Å². The Hall–Kier alpha value is -0.870. The molecule has 0 spiro atoms. The summed E-state index contributed by atoms with van der Waals surface area (Å²) in [5, 5.41) is 22.8. The third-order valence-electron chi connectivity index (χ3n) is 7.77. The summed E-state index contributed by atoms with van der Waals surface area (Å²) >= 11 is 0. The van der Waals surface area contributed by atoms with Crippen LogP contribution in [0.15, 0.2) is 12.2 Å². The van der Waals surface area contributed by atoms with Crippen LogP contribution < -0.4 is 5.32 Å². The lowest BCUT2D eigenvalue weighted by Crippen LogP contribution is -2.45. The van der Waals surface area contributed by atoms with Gasteiger partial charge in [-0.05, 0) is 19.3 Å². The normalized spacial score (nSPS) is 13.3. The van der Waals surface area contributed by atoms with Gasteiger partial charge in [-0.25, -0.2) is 0 Å². The summed E-state index contributed by atoms with van der Waals surface area (Å²) in [7, 11) is 0. The number of amides is 1. The molecule has 2 unspecified atom stereocenters. The lowest BCUT2D eigenvalue weighted by molar-refractivity contribution is -0.123. The first-order valence-electron chi connectivity index (χ1n) is 16.9. The van der Waals surface area contributed by atoms with Crippen LogP contribution in [0.25, 0.3) is 0 Å². The Bertz CT molecular complexity index is 508. The molecule has 0 bridgehead atoms. The monoisotopic (exact) mass is 538 g/mol. The van der Waals surface area contributed by atoms with Crippen LogP contribution in [0.1, 0.15) is 181 Å². The number of hydrogen-bond acceptors (Lipinski definition) is 3. The molecule has 38 heavy (non-hydrogen) atoms. The third-order valence-corrected chi connectivity index (χ3v) is 7.77. The minimum Gasteiger partial charge on any atom is -0.394 e. The number of hydrogen-bond donors (Lipinski definition) is 3. The van der Waals surface area contributed by atoms with Crippen LogP contribution in [0, 0.1) is 0 Å². The summed E-state index contributed by atoms with van der Waals surface area (Å²) in [6.45, 7) is 4.29. The Balaban J connectivity index is 3.63. The Morgan fingerprint density at radius 3 is 1.37 bits per heavy atom. The highest BCUT2D eigenvalue weighted by Gasteiger charge is 2.17. The maximum atomic E-state index is 12.2. The summed E-state index contributed by atoms with van der Waals surface area (Å²) in [6.07, 6.45) is 35.7. The summed E-state index contributed by atoms with van der Waals surface area (Å²) < 4.78 is 0. The van der Waals surface area contributed by atoms with Crippen LogP contribution >= 0.6 is 0 Å². The van der Waals surface area contributed by atoms with Crippen molar-refractivity contribution in [1.29, 1.82) is 0 Å². The number of allylic oxidation sites excluding steroid dienone is 1. The minimum absolute atomic E-state index is 0.0652. The fourth-order valence-electron chi connectivity index (χ4n) is 5.12. The standard InChI is InChI=1S/C34H67NO3/c1-3-5-7-9-11-13-15-17-18-19-21-23-25-27-29-33(37)32(31-36)35-34(38)30-28-26-24-22-20-16-14-12-10-8-6-4-2/h27,29,32-33,36-37H,3-26,28,30-31H2,1-2H3,(H,35,38)/b29-27+. The highest BCUT2D eigenvalue weighted by atomic mass is 16.3. The molecule has 0 aliphatic rings.